The second kappa shape index (κ2) is 6.33. The third-order valence-corrected chi connectivity index (χ3v) is 4.49. The van der Waals surface area contributed by atoms with Crippen molar-refractivity contribution in [2.45, 2.75) is 31.9 Å². The number of nitrogens with zero attached hydrogens (tertiary/aromatic N) is 4. The van der Waals surface area contributed by atoms with Crippen molar-refractivity contribution in [1.82, 2.24) is 14.9 Å². The van der Waals surface area contributed by atoms with Crippen molar-refractivity contribution >= 4 is 11.9 Å². The van der Waals surface area contributed by atoms with Crippen LogP contribution in [0.4, 0.5) is 19.1 Å². The zero-order valence-electron chi connectivity index (χ0n) is 12.7. The fourth-order valence-electron chi connectivity index (χ4n) is 3.24. The van der Waals surface area contributed by atoms with Gasteiger partial charge in [-0.25, -0.2) is 9.97 Å². The van der Waals surface area contributed by atoms with Gasteiger partial charge in [-0.3, -0.25) is 4.79 Å². The van der Waals surface area contributed by atoms with Crippen molar-refractivity contribution in [3.63, 3.8) is 0 Å². The lowest BCUT2D eigenvalue weighted by Crippen LogP contribution is -2.52. The quantitative estimate of drug-likeness (QED) is 0.854. The van der Waals surface area contributed by atoms with Gasteiger partial charge in [-0.15, -0.1) is 0 Å². The minimum Gasteiger partial charge on any atom is -0.339 e. The molecule has 1 saturated carbocycles. The van der Waals surface area contributed by atoms with Gasteiger partial charge in [0.25, 0.3) is 0 Å². The highest BCUT2D eigenvalue weighted by Gasteiger charge is 2.34. The van der Waals surface area contributed by atoms with Crippen LogP contribution in [0.1, 0.15) is 31.4 Å². The molecule has 1 aromatic rings. The van der Waals surface area contributed by atoms with E-state index in [0.29, 0.717) is 19.0 Å². The molecule has 0 spiro atoms. The standard InChI is InChI=1S/C15H19F3N4O/c16-15(17,18)12-5-6-19-14(20-12)22-8-7-21(13(23)10-22)9-11-3-1-2-4-11/h5-6,11H,1-4,7-10H2. The molecule has 2 aliphatic rings. The Morgan fingerprint density at radius 2 is 1.96 bits per heavy atom. The Labute approximate surface area is 132 Å². The third-order valence-electron chi connectivity index (χ3n) is 4.49. The molecule has 8 heteroatoms. The van der Waals surface area contributed by atoms with Crippen LogP contribution >= 0.6 is 0 Å². The predicted molar refractivity (Wildman–Crippen MR) is 77.8 cm³/mol. The Kier molecular flexibility index (Phi) is 4.41. The summed E-state index contributed by atoms with van der Waals surface area (Å²) in [6, 6.07) is 0.835. The highest BCUT2D eigenvalue weighted by atomic mass is 19.4. The zero-order chi connectivity index (χ0) is 16.4. The number of rotatable bonds is 3. The number of carbonyl (C=O) groups excluding carboxylic acids is 1. The summed E-state index contributed by atoms with van der Waals surface area (Å²) in [5.74, 6) is 0.466. The van der Waals surface area contributed by atoms with E-state index in [-0.39, 0.29) is 18.4 Å². The first kappa shape index (κ1) is 16.0. The van der Waals surface area contributed by atoms with E-state index in [2.05, 4.69) is 9.97 Å². The zero-order valence-corrected chi connectivity index (χ0v) is 12.7. The van der Waals surface area contributed by atoms with Crippen molar-refractivity contribution < 1.29 is 18.0 Å². The molecule has 3 rings (SSSR count). The number of hydrogen-bond acceptors (Lipinski definition) is 4. The lowest BCUT2D eigenvalue weighted by molar-refractivity contribution is -0.141. The molecular formula is C15H19F3N4O. The Morgan fingerprint density at radius 3 is 2.61 bits per heavy atom. The Bertz CT molecular complexity index is 572. The van der Waals surface area contributed by atoms with Crippen molar-refractivity contribution in [3.05, 3.63) is 18.0 Å². The molecule has 0 aromatic carbocycles. The predicted octanol–water partition coefficient (Wildman–Crippen LogP) is 2.33. The average molecular weight is 328 g/mol. The maximum atomic E-state index is 12.7. The number of halogens is 3. The molecule has 0 radical (unpaired) electrons. The molecule has 0 unspecified atom stereocenters. The molecule has 23 heavy (non-hydrogen) atoms. The summed E-state index contributed by atoms with van der Waals surface area (Å²) >= 11 is 0. The molecule has 1 amide bonds. The van der Waals surface area contributed by atoms with Crippen LogP contribution < -0.4 is 4.90 Å². The molecule has 0 N–H and O–H groups in total. The van der Waals surface area contributed by atoms with E-state index in [9.17, 15) is 18.0 Å². The Morgan fingerprint density at radius 1 is 1.22 bits per heavy atom. The maximum Gasteiger partial charge on any atom is 0.433 e. The molecule has 1 aliphatic heterocycles. The van der Waals surface area contributed by atoms with E-state index in [4.69, 9.17) is 0 Å². The third kappa shape index (κ3) is 3.73. The molecule has 1 saturated heterocycles. The molecule has 5 nitrogen and oxygen atoms in total. The lowest BCUT2D eigenvalue weighted by Gasteiger charge is -2.35. The first-order valence-corrected chi connectivity index (χ1v) is 7.86. The summed E-state index contributed by atoms with van der Waals surface area (Å²) in [7, 11) is 0. The van der Waals surface area contributed by atoms with Crippen LogP contribution in [0, 0.1) is 5.92 Å². The molecule has 2 heterocycles. The Hall–Kier alpha value is -1.86. The number of anilines is 1. The average Bonchev–Trinajstić information content (AvgIpc) is 3.02. The van der Waals surface area contributed by atoms with Gasteiger partial charge in [-0.2, -0.15) is 13.2 Å². The number of alkyl halides is 3. The molecule has 1 aromatic heterocycles. The summed E-state index contributed by atoms with van der Waals surface area (Å²) in [5.41, 5.74) is -0.983. The van der Waals surface area contributed by atoms with E-state index in [0.717, 1.165) is 31.6 Å². The first-order chi connectivity index (χ1) is 10.9. The van der Waals surface area contributed by atoms with Gasteiger partial charge in [-0.1, -0.05) is 12.8 Å². The Balaban J connectivity index is 1.64. The van der Waals surface area contributed by atoms with Crippen molar-refractivity contribution in [1.29, 1.82) is 0 Å². The van der Waals surface area contributed by atoms with Crippen LogP contribution in [-0.4, -0.2) is 47.0 Å². The van der Waals surface area contributed by atoms with Crippen LogP contribution in [-0.2, 0) is 11.0 Å². The second-order valence-electron chi connectivity index (χ2n) is 6.15. The molecular weight excluding hydrogens is 309 g/mol. The highest BCUT2D eigenvalue weighted by Crippen LogP contribution is 2.29. The summed E-state index contributed by atoms with van der Waals surface area (Å²) in [4.78, 5) is 23.0. The van der Waals surface area contributed by atoms with E-state index in [1.165, 1.54) is 17.7 Å². The maximum absolute atomic E-state index is 12.7. The van der Waals surface area contributed by atoms with Crippen molar-refractivity contribution in [2.24, 2.45) is 5.92 Å². The van der Waals surface area contributed by atoms with Crippen LogP contribution in [0.3, 0.4) is 0 Å². The summed E-state index contributed by atoms with van der Waals surface area (Å²) in [5, 5.41) is 0. The lowest BCUT2D eigenvalue weighted by atomic mass is 10.1. The van der Waals surface area contributed by atoms with Crippen LogP contribution in [0.15, 0.2) is 12.3 Å². The van der Waals surface area contributed by atoms with Crippen molar-refractivity contribution in [2.75, 3.05) is 31.1 Å². The molecule has 0 bridgehead atoms. The summed E-state index contributed by atoms with van der Waals surface area (Å²) in [6.45, 7) is 1.76. The topological polar surface area (TPSA) is 49.3 Å². The monoisotopic (exact) mass is 328 g/mol. The van der Waals surface area contributed by atoms with Crippen LogP contribution in [0.5, 0.6) is 0 Å². The van der Waals surface area contributed by atoms with Crippen LogP contribution in [0.25, 0.3) is 0 Å². The number of aromatic nitrogens is 2. The fraction of sp³-hybridized carbons (Fsp3) is 0.667. The van der Waals surface area contributed by atoms with Gasteiger partial charge in [0.05, 0.1) is 6.54 Å². The van der Waals surface area contributed by atoms with E-state index in [1.54, 1.807) is 0 Å². The smallest absolute Gasteiger partial charge is 0.339 e. The second-order valence-corrected chi connectivity index (χ2v) is 6.15. The molecule has 126 valence electrons. The molecule has 0 atom stereocenters. The number of piperazine rings is 1. The van der Waals surface area contributed by atoms with E-state index in [1.807, 2.05) is 4.90 Å². The largest absolute Gasteiger partial charge is 0.433 e. The number of hydrogen-bond donors (Lipinski definition) is 0. The van der Waals surface area contributed by atoms with Gasteiger partial charge in [0, 0.05) is 25.8 Å². The van der Waals surface area contributed by atoms with Gasteiger partial charge < -0.3 is 9.80 Å². The van der Waals surface area contributed by atoms with Gasteiger partial charge in [0.15, 0.2) is 0 Å². The molecule has 1 aliphatic carbocycles. The van der Waals surface area contributed by atoms with Gasteiger partial charge >= 0.3 is 6.18 Å². The fourth-order valence-corrected chi connectivity index (χ4v) is 3.24. The minimum absolute atomic E-state index is 0.0336. The van der Waals surface area contributed by atoms with E-state index < -0.39 is 11.9 Å². The normalized spacial score (nSPS) is 20.4. The van der Waals surface area contributed by atoms with Gasteiger partial charge in [0.1, 0.15) is 5.69 Å². The molecule has 2 fully saturated rings. The minimum atomic E-state index is -4.51. The summed E-state index contributed by atoms with van der Waals surface area (Å²) < 4.78 is 38.2. The van der Waals surface area contributed by atoms with E-state index >= 15 is 0 Å². The number of carbonyl (C=O) groups is 1. The van der Waals surface area contributed by atoms with Crippen molar-refractivity contribution in [3.8, 4) is 0 Å². The van der Waals surface area contributed by atoms with Crippen LogP contribution in [0.2, 0.25) is 0 Å². The van der Waals surface area contributed by atoms with Gasteiger partial charge in [-0.05, 0) is 24.8 Å². The van der Waals surface area contributed by atoms with Gasteiger partial charge in [0.2, 0.25) is 11.9 Å². The first-order valence-electron chi connectivity index (χ1n) is 7.86. The summed E-state index contributed by atoms with van der Waals surface area (Å²) in [6.07, 6.45) is 1.33. The number of amides is 1. The highest BCUT2D eigenvalue weighted by molar-refractivity contribution is 5.82. The SMILES string of the molecule is O=C1CN(c2nccc(C(F)(F)F)n2)CCN1CC1CCCC1.